The zero-order chi connectivity index (χ0) is 27.1. The van der Waals surface area contributed by atoms with Crippen molar-refractivity contribution in [2.75, 3.05) is 11.1 Å². The van der Waals surface area contributed by atoms with E-state index in [2.05, 4.69) is 32.7 Å². The highest BCUT2D eigenvalue weighted by atomic mass is 32.2. The molecule has 0 aliphatic heterocycles. The summed E-state index contributed by atoms with van der Waals surface area (Å²) in [5, 5.41) is 15.1. The third-order valence-electron chi connectivity index (χ3n) is 5.78. The van der Waals surface area contributed by atoms with Crippen LogP contribution in [0.1, 0.15) is 30.1 Å². The Hall–Kier alpha value is -3.70. The Morgan fingerprint density at radius 2 is 1.84 bits per heavy atom. The van der Waals surface area contributed by atoms with Crippen molar-refractivity contribution < 1.29 is 14.3 Å². The van der Waals surface area contributed by atoms with Crippen LogP contribution >= 0.6 is 23.1 Å². The van der Waals surface area contributed by atoms with E-state index in [-0.39, 0.29) is 24.1 Å². The minimum absolute atomic E-state index is 0.152. The van der Waals surface area contributed by atoms with Gasteiger partial charge in [0, 0.05) is 17.5 Å². The average Bonchev–Trinajstić information content (AvgIpc) is 3.47. The first-order chi connectivity index (χ1) is 18.3. The summed E-state index contributed by atoms with van der Waals surface area (Å²) in [5.74, 6) is 0.932. The van der Waals surface area contributed by atoms with Gasteiger partial charge in [0.1, 0.15) is 5.75 Å². The molecule has 11 heteroatoms. The SMILES string of the molecule is CCc1ccc(O[C@H](C)C(=O)NCc2nnc(SCC(=O)Nc3nc(-c4ccccc4)c(C)s3)n2C)cc1. The van der Waals surface area contributed by atoms with Crippen molar-refractivity contribution in [3.8, 4) is 17.0 Å². The molecule has 1 atom stereocenters. The lowest BCUT2D eigenvalue weighted by Gasteiger charge is -2.15. The monoisotopic (exact) mass is 550 g/mol. The number of ether oxygens (including phenoxy) is 1. The summed E-state index contributed by atoms with van der Waals surface area (Å²) >= 11 is 2.71. The summed E-state index contributed by atoms with van der Waals surface area (Å²) in [6.45, 7) is 5.97. The van der Waals surface area contributed by atoms with Crippen molar-refractivity contribution in [2.24, 2.45) is 7.05 Å². The molecule has 0 saturated carbocycles. The number of amides is 2. The molecular weight excluding hydrogens is 520 g/mol. The number of anilines is 1. The van der Waals surface area contributed by atoms with Crippen LogP contribution in [-0.2, 0) is 29.6 Å². The number of nitrogens with zero attached hydrogens (tertiary/aromatic N) is 4. The van der Waals surface area contributed by atoms with Crippen LogP contribution in [0.2, 0.25) is 0 Å². The Morgan fingerprint density at radius 3 is 2.55 bits per heavy atom. The van der Waals surface area contributed by atoms with E-state index in [1.807, 2.05) is 61.5 Å². The molecular formula is C27H30N6O3S2. The van der Waals surface area contributed by atoms with Gasteiger partial charge in [-0.2, -0.15) is 0 Å². The van der Waals surface area contributed by atoms with Crippen molar-refractivity contribution in [3.63, 3.8) is 0 Å². The summed E-state index contributed by atoms with van der Waals surface area (Å²) in [5.41, 5.74) is 3.09. The fraction of sp³-hybridized carbons (Fsp3) is 0.296. The Morgan fingerprint density at radius 1 is 1.11 bits per heavy atom. The molecule has 0 bridgehead atoms. The summed E-state index contributed by atoms with van der Waals surface area (Å²) < 4.78 is 7.50. The number of hydrogen-bond donors (Lipinski definition) is 2. The van der Waals surface area contributed by atoms with Gasteiger partial charge in [-0.15, -0.1) is 21.5 Å². The van der Waals surface area contributed by atoms with Crippen LogP contribution in [0.15, 0.2) is 59.8 Å². The standard InChI is InChI=1S/C27H30N6O3S2/c1-5-19-11-13-21(14-12-19)36-17(2)25(35)28-15-22-31-32-27(33(22)4)37-16-23(34)29-26-30-24(18(3)38-26)20-9-7-6-8-10-20/h6-14,17H,5,15-16H2,1-4H3,(H,28,35)(H,29,30,34)/t17-/m1/s1. The average molecular weight is 551 g/mol. The van der Waals surface area contributed by atoms with E-state index in [9.17, 15) is 9.59 Å². The van der Waals surface area contributed by atoms with Crippen LogP contribution in [0.5, 0.6) is 5.75 Å². The molecule has 4 aromatic rings. The van der Waals surface area contributed by atoms with Crippen molar-refractivity contribution in [3.05, 3.63) is 70.9 Å². The van der Waals surface area contributed by atoms with Crippen LogP contribution in [-0.4, -0.2) is 43.4 Å². The third kappa shape index (κ3) is 6.99. The Kier molecular flexibility index (Phi) is 9.14. The number of thioether (sulfide) groups is 1. The smallest absolute Gasteiger partial charge is 0.261 e. The lowest BCUT2D eigenvalue weighted by atomic mass is 10.1. The van der Waals surface area contributed by atoms with Gasteiger partial charge in [-0.05, 0) is 38.0 Å². The maximum Gasteiger partial charge on any atom is 0.261 e. The third-order valence-corrected chi connectivity index (χ3v) is 7.69. The van der Waals surface area contributed by atoms with E-state index >= 15 is 0 Å². The van der Waals surface area contributed by atoms with Gasteiger partial charge >= 0.3 is 0 Å². The molecule has 0 unspecified atom stereocenters. The van der Waals surface area contributed by atoms with Crippen molar-refractivity contribution in [1.82, 2.24) is 25.1 Å². The zero-order valence-electron chi connectivity index (χ0n) is 21.7. The fourth-order valence-electron chi connectivity index (χ4n) is 3.60. The normalized spacial score (nSPS) is 11.7. The first-order valence-electron chi connectivity index (χ1n) is 12.2. The van der Waals surface area contributed by atoms with E-state index in [4.69, 9.17) is 4.74 Å². The molecule has 2 aromatic carbocycles. The number of benzene rings is 2. The highest BCUT2D eigenvalue weighted by Gasteiger charge is 2.18. The quantitative estimate of drug-likeness (QED) is 0.262. The molecule has 0 aliphatic carbocycles. The summed E-state index contributed by atoms with van der Waals surface area (Å²) in [6.07, 6.45) is 0.283. The topological polar surface area (TPSA) is 111 Å². The molecule has 0 fully saturated rings. The number of carbonyl (C=O) groups excluding carboxylic acids is 2. The van der Waals surface area contributed by atoms with Crippen molar-refractivity contribution in [2.45, 2.75) is 45.0 Å². The largest absolute Gasteiger partial charge is 0.481 e. The van der Waals surface area contributed by atoms with Gasteiger partial charge < -0.3 is 19.9 Å². The second-order valence-electron chi connectivity index (χ2n) is 8.56. The molecule has 0 spiro atoms. The lowest BCUT2D eigenvalue weighted by molar-refractivity contribution is -0.127. The van der Waals surface area contributed by atoms with Gasteiger partial charge in [-0.25, -0.2) is 4.98 Å². The summed E-state index contributed by atoms with van der Waals surface area (Å²) in [6, 6.07) is 17.6. The van der Waals surface area contributed by atoms with Gasteiger partial charge in [0.05, 0.1) is 18.0 Å². The molecule has 0 saturated heterocycles. The lowest BCUT2D eigenvalue weighted by Crippen LogP contribution is -2.36. The van der Waals surface area contributed by atoms with Crippen LogP contribution in [0.3, 0.4) is 0 Å². The number of aromatic nitrogens is 4. The van der Waals surface area contributed by atoms with Crippen molar-refractivity contribution in [1.29, 1.82) is 0 Å². The number of hydrogen-bond acceptors (Lipinski definition) is 8. The molecule has 4 rings (SSSR count). The maximum absolute atomic E-state index is 12.5. The minimum Gasteiger partial charge on any atom is -0.481 e. The summed E-state index contributed by atoms with van der Waals surface area (Å²) in [7, 11) is 1.80. The minimum atomic E-state index is -0.662. The number of thiazole rings is 1. The highest BCUT2D eigenvalue weighted by molar-refractivity contribution is 7.99. The van der Waals surface area contributed by atoms with Gasteiger partial charge in [-0.1, -0.05) is 61.2 Å². The van der Waals surface area contributed by atoms with Crippen molar-refractivity contribution >= 4 is 40.0 Å². The molecule has 2 aromatic heterocycles. The molecule has 198 valence electrons. The van der Waals surface area contributed by atoms with Crippen LogP contribution in [0.4, 0.5) is 5.13 Å². The van der Waals surface area contributed by atoms with E-state index < -0.39 is 6.10 Å². The predicted molar refractivity (Wildman–Crippen MR) is 150 cm³/mol. The van der Waals surface area contributed by atoms with E-state index in [1.54, 1.807) is 18.5 Å². The number of aryl methyl sites for hydroxylation is 2. The molecule has 0 aliphatic rings. The van der Waals surface area contributed by atoms with E-state index in [1.165, 1.54) is 28.7 Å². The predicted octanol–water partition coefficient (Wildman–Crippen LogP) is 4.62. The Labute approximate surface area is 230 Å². The fourth-order valence-corrected chi connectivity index (χ4v) is 5.18. The maximum atomic E-state index is 12.5. The van der Waals surface area contributed by atoms with Crippen LogP contribution in [0, 0.1) is 6.92 Å². The molecule has 2 heterocycles. The number of nitrogens with one attached hydrogen (secondary N) is 2. The van der Waals surface area contributed by atoms with Gasteiger partial charge in [0.25, 0.3) is 5.91 Å². The van der Waals surface area contributed by atoms with Gasteiger partial charge in [-0.3, -0.25) is 9.59 Å². The second-order valence-corrected chi connectivity index (χ2v) is 10.7. The van der Waals surface area contributed by atoms with Gasteiger partial charge in [0.2, 0.25) is 5.91 Å². The number of carbonyl (C=O) groups is 2. The Balaban J connectivity index is 1.25. The molecule has 38 heavy (non-hydrogen) atoms. The van der Waals surface area contributed by atoms with Crippen LogP contribution in [0.25, 0.3) is 11.3 Å². The molecule has 2 amide bonds. The van der Waals surface area contributed by atoms with E-state index in [0.29, 0.717) is 21.9 Å². The van der Waals surface area contributed by atoms with E-state index in [0.717, 1.165) is 22.6 Å². The van der Waals surface area contributed by atoms with Gasteiger partial charge in [0.15, 0.2) is 22.2 Å². The highest BCUT2D eigenvalue weighted by Crippen LogP contribution is 2.30. The number of rotatable bonds is 11. The zero-order valence-corrected chi connectivity index (χ0v) is 23.4. The second kappa shape index (κ2) is 12.7. The Bertz CT molecular complexity index is 1390. The summed E-state index contributed by atoms with van der Waals surface area (Å²) in [4.78, 5) is 30.7. The molecule has 0 radical (unpaired) electrons. The van der Waals surface area contributed by atoms with Crippen LogP contribution < -0.4 is 15.4 Å². The molecule has 2 N–H and O–H groups in total. The molecule has 9 nitrogen and oxygen atoms in total. The first-order valence-corrected chi connectivity index (χ1v) is 14.0. The first kappa shape index (κ1) is 27.3.